The first-order chi connectivity index (χ1) is 23.0. The van der Waals surface area contributed by atoms with Gasteiger partial charge in [0, 0.05) is 0 Å². The third-order valence-corrected chi connectivity index (χ3v) is 10.0. The zero-order valence-corrected chi connectivity index (χ0v) is 30.4. The maximum absolute atomic E-state index is 13.5. The van der Waals surface area contributed by atoms with E-state index in [-0.39, 0.29) is 36.1 Å². The summed E-state index contributed by atoms with van der Waals surface area (Å²) in [6, 6.07) is 0. The quantitative estimate of drug-likeness (QED) is 0.0662. The van der Waals surface area contributed by atoms with E-state index in [2.05, 4.69) is 0 Å². The summed E-state index contributed by atoms with van der Waals surface area (Å²) in [5.74, 6) is -0.373. The summed E-state index contributed by atoms with van der Waals surface area (Å²) in [6.07, 6.45) is 7.19. The second kappa shape index (κ2) is 20.4. The van der Waals surface area contributed by atoms with E-state index in [4.69, 9.17) is 43.5 Å². The first kappa shape index (κ1) is 40.1. The van der Waals surface area contributed by atoms with Crippen molar-refractivity contribution in [2.24, 2.45) is 23.2 Å². The number of ether oxygens (including phenoxy) is 3. The Kier molecular flexibility index (Phi) is 17.0. The second-order valence-corrected chi connectivity index (χ2v) is 14.7. The largest absolute Gasteiger partial charge is 0.540 e. The summed E-state index contributed by atoms with van der Waals surface area (Å²) < 4.78 is 19.2. The highest BCUT2D eigenvalue weighted by Crippen LogP contribution is 2.54. The Morgan fingerprint density at radius 2 is 0.729 bits per heavy atom. The first-order valence-corrected chi connectivity index (χ1v) is 18.6. The predicted octanol–water partition coefficient (Wildman–Crippen LogP) is 9.71. The molecule has 0 saturated heterocycles. The van der Waals surface area contributed by atoms with Crippen LogP contribution in [0.5, 0.6) is 0 Å². The first-order valence-electron chi connectivity index (χ1n) is 18.6. The molecule has 48 heavy (non-hydrogen) atoms. The number of carbonyl (C=O) groups excluding carboxylic acids is 3. The molecule has 0 aliphatic heterocycles. The molecule has 0 aromatic carbocycles. The van der Waals surface area contributed by atoms with Gasteiger partial charge in [-0.1, -0.05) is 64.7 Å². The lowest BCUT2D eigenvalue weighted by molar-refractivity contribution is -0.305. The highest BCUT2D eigenvalue weighted by Gasteiger charge is 2.62. The maximum Gasteiger partial charge on any atom is 0.540 e. The number of carbonyl (C=O) groups is 3. The SMILES string of the molecule is CCC(C(OC(=O)OOC(C)C)C1CCCCC1)(C(OC(=O)OOC(C)C)C1CCCCC1)C(OC(=O)OOC(C)C)C1CCCCC1. The van der Waals surface area contributed by atoms with Gasteiger partial charge in [-0.25, -0.2) is 14.4 Å². The molecule has 3 fully saturated rings. The summed E-state index contributed by atoms with van der Waals surface area (Å²) in [6.45, 7) is 12.5. The van der Waals surface area contributed by atoms with E-state index in [0.29, 0.717) is 6.42 Å². The number of hydrogen-bond acceptors (Lipinski definition) is 12. The fourth-order valence-corrected chi connectivity index (χ4v) is 8.11. The Labute approximate surface area is 287 Å². The van der Waals surface area contributed by atoms with Crippen molar-refractivity contribution < 1.29 is 57.9 Å². The van der Waals surface area contributed by atoms with Gasteiger partial charge in [-0.05, 0) is 104 Å². The molecule has 3 rings (SSSR count). The molecule has 0 radical (unpaired) electrons. The smallest absolute Gasteiger partial charge is 0.428 e. The van der Waals surface area contributed by atoms with Crippen LogP contribution in [0, 0.1) is 23.2 Å². The van der Waals surface area contributed by atoms with Crippen LogP contribution >= 0.6 is 0 Å². The van der Waals surface area contributed by atoms with Crippen molar-refractivity contribution in [1.82, 2.24) is 0 Å². The standard InChI is InChI=1S/C36H62O12/c1-8-36(30(27-18-12-9-13-19-27)40-33(37)46-43-24(2)3,31(28-20-14-10-15-21-28)41-34(38)47-44-25(4)5)32(29-22-16-11-17-23-29)42-35(39)48-45-26(6)7/h24-32H,8-23H2,1-7H3. The van der Waals surface area contributed by atoms with Crippen molar-refractivity contribution in [2.75, 3.05) is 0 Å². The molecule has 0 heterocycles. The normalized spacial score (nSPS) is 21.6. The third kappa shape index (κ3) is 11.9. The van der Waals surface area contributed by atoms with Gasteiger partial charge in [-0.3, -0.25) is 14.7 Å². The van der Waals surface area contributed by atoms with Crippen LogP contribution in [-0.4, -0.2) is 55.1 Å². The maximum atomic E-state index is 13.5. The van der Waals surface area contributed by atoms with E-state index in [9.17, 15) is 14.4 Å². The average Bonchev–Trinajstić information content (AvgIpc) is 3.08. The Balaban J connectivity index is 2.24. The van der Waals surface area contributed by atoms with Gasteiger partial charge in [-0.2, -0.15) is 14.7 Å². The molecule has 3 atom stereocenters. The molecule has 0 amide bonds. The minimum absolute atomic E-state index is 0.124. The van der Waals surface area contributed by atoms with E-state index in [1.807, 2.05) is 6.92 Å². The van der Waals surface area contributed by atoms with Gasteiger partial charge in [0.2, 0.25) is 0 Å². The highest BCUT2D eigenvalue weighted by molar-refractivity contribution is 5.61. The molecule has 0 bridgehead atoms. The fourth-order valence-electron chi connectivity index (χ4n) is 8.11. The summed E-state index contributed by atoms with van der Waals surface area (Å²) in [4.78, 5) is 71.5. The van der Waals surface area contributed by atoms with Crippen molar-refractivity contribution in [3.63, 3.8) is 0 Å². The van der Waals surface area contributed by atoms with Gasteiger partial charge in [0.15, 0.2) is 0 Å². The van der Waals surface area contributed by atoms with Crippen molar-refractivity contribution in [1.29, 1.82) is 0 Å². The van der Waals surface area contributed by atoms with E-state index < -0.39 is 42.2 Å². The summed E-state index contributed by atoms with van der Waals surface area (Å²) in [5, 5.41) is 0. The van der Waals surface area contributed by atoms with Crippen LogP contribution < -0.4 is 0 Å². The van der Waals surface area contributed by atoms with Crippen LogP contribution in [0.15, 0.2) is 0 Å². The van der Waals surface area contributed by atoms with E-state index in [0.717, 1.165) is 96.3 Å². The zero-order valence-electron chi connectivity index (χ0n) is 30.4. The Hall–Kier alpha value is -2.31. The molecule has 0 spiro atoms. The summed E-state index contributed by atoms with van der Waals surface area (Å²) in [5.41, 5.74) is -1.21. The van der Waals surface area contributed by atoms with Crippen LogP contribution in [0.1, 0.15) is 151 Å². The van der Waals surface area contributed by atoms with E-state index >= 15 is 0 Å². The van der Waals surface area contributed by atoms with Crippen molar-refractivity contribution in [3.8, 4) is 0 Å². The molecule has 278 valence electrons. The molecule has 0 N–H and O–H groups in total. The lowest BCUT2D eigenvalue weighted by Gasteiger charge is -2.54. The molecule has 3 unspecified atom stereocenters. The number of hydrogen-bond donors (Lipinski definition) is 0. The van der Waals surface area contributed by atoms with Gasteiger partial charge in [-0.15, -0.1) is 0 Å². The Morgan fingerprint density at radius 3 is 0.938 bits per heavy atom. The molecule has 0 aromatic heterocycles. The third-order valence-electron chi connectivity index (χ3n) is 10.0. The molecule has 3 aliphatic carbocycles. The number of rotatable bonds is 16. The van der Waals surface area contributed by atoms with Gasteiger partial charge >= 0.3 is 18.5 Å². The van der Waals surface area contributed by atoms with Crippen LogP contribution in [0.4, 0.5) is 14.4 Å². The molecule has 12 nitrogen and oxygen atoms in total. The predicted molar refractivity (Wildman–Crippen MR) is 175 cm³/mol. The molecule has 0 aromatic rings. The minimum Gasteiger partial charge on any atom is -0.428 e. The Morgan fingerprint density at radius 1 is 0.479 bits per heavy atom. The molecular weight excluding hydrogens is 624 g/mol. The lowest BCUT2D eigenvalue weighted by atomic mass is 9.57. The average molecular weight is 687 g/mol. The van der Waals surface area contributed by atoms with Crippen LogP contribution in [0.25, 0.3) is 0 Å². The molecular formula is C36H62O12. The lowest BCUT2D eigenvalue weighted by Crippen LogP contribution is -2.63. The van der Waals surface area contributed by atoms with Gasteiger partial charge in [0.25, 0.3) is 0 Å². The minimum atomic E-state index is -1.21. The second-order valence-electron chi connectivity index (χ2n) is 14.7. The van der Waals surface area contributed by atoms with E-state index in [1.165, 1.54) is 0 Å². The summed E-state index contributed by atoms with van der Waals surface area (Å²) >= 11 is 0. The van der Waals surface area contributed by atoms with Crippen molar-refractivity contribution in [3.05, 3.63) is 0 Å². The monoisotopic (exact) mass is 686 g/mol. The molecule has 3 aliphatic rings. The Bertz CT molecular complexity index is 834. The molecule has 12 heteroatoms. The van der Waals surface area contributed by atoms with E-state index in [1.54, 1.807) is 41.5 Å². The highest BCUT2D eigenvalue weighted by atomic mass is 17.2. The molecule has 3 saturated carbocycles. The van der Waals surface area contributed by atoms with Gasteiger partial charge in [0.1, 0.15) is 18.3 Å². The topological polar surface area (TPSA) is 134 Å². The zero-order chi connectivity index (χ0) is 35.1. The van der Waals surface area contributed by atoms with Crippen LogP contribution in [-0.2, 0) is 43.5 Å². The van der Waals surface area contributed by atoms with Crippen LogP contribution in [0.2, 0.25) is 0 Å². The van der Waals surface area contributed by atoms with Gasteiger partial charge in [0.05, 0.1) is 23.7 Å². The van der Waals surface area contributed by atoms with Crippen molar-refractivity contribution >= 4 is 18.5 Å². The van der Waals surface area contributed by atoms with Gasteiger partial charge < -0.3 is 14.2 Å². The summed E-state index contributed by atoms with van der Waals surface area (Å²) in [7, 11) is 0. The van der Waals surface area contributed by atoms with Crippen LogP contribution in [0.3, 0.4) is 0 Å². The fraction of sp³-hybridized carbons (Fsp3) is 0.917. The van der Waals surface area contributed by atoms with Crippen molar-refractivity contribution in [2.45, 2.75) is 188 Å².